The lowest BCUT2D eigenvalue weighted by Crippen LogP contribution is -2.03. The highest BCUT2D eigenvalue weighted by Gasteiger charge is 2.21. The van der Waals surface area contributed by atoms with Crippen LogP contribution in [0.25, 0.3) is 44.6 Å². The third-order valence-corrected chi connectivity index (χ3v) is 6.75. The summed E-state index contributed by atoms with van der Waals surface area (Å²) in [4.78, 5) is 24.4. The molecule has 0 radical (unpaired) electrons. The second-order valence-corrected chi connectivity index (χ2v) is 9.67. The van der Waals surface area contributed by atoms with Crippen molar-refractivity contribution in [2.75, 3.05) is 14.2 Å². The monoisotopic (exact) mass is 668 g/mol. The van der Waals surface area contributed by atoms with Gasteiger partial charge in [-0.2, -0.15) is 0 Å². The van der Waals surface area contributed by atoms with Crippen LogP contribution in [0, 0.1) is 0 Å². The number of ether oxygens (including phenoxy) is 2. The molecule has 12 N–H and O–H groups in total. The van der Waals surface area contributed by atoms with Crippen LogP contribution in [0.1, 0.15) is 0 Å². The number of hydrogen-bond acceptors (Lipinski definition) is 14. The maximum Gasteiger partial charge on any atom is 0.238 e. The number of rotatable bonds is 4. The molecule has 2 aromatic heterocycles. The maximum atomic E-state index is 12.2. The summed E-state index contributed by atoms with van der Waals surface area (Å²) >= 11 is 0. The molecule has 4 aromatic carbocycles. The van der Waals surface area contributed by atoms with Crippen molar-refractivity contribution in [3.05, 3.63) is 81.1 Å². The van der Waals surface area contributed by atoms with Crippen LogP contribution in [0.2, 0.25) is 0 Å². The number of methoxy groups -OCH3 is 2. The molecule has 0 aliphatic carbocycles. The van der Waals surface area contributed by atoms with Crippen molar-refractivity contribution in [2.24, 2.45) is 0 Å². The summed E-state index contributed by atoms with van der Waals surface area (Å²) in [6, 6.07) is 12.6. The van der Waals surface area contributed by atoms with Crippen molar-refractivity contribution < 1.29 is 70.1 Å². The van der Waals surface area contributed by atoms with Crippen LogP contribution in [0.15, 0.2) is 79.1 Å². The van der Waals surface area contributed by atoms with Crippen LogP contribution in [0.3, 0.4) is 0 Å². The molecule has 0 unspecified atom stereocenters. The van der Waals surface area contributed by atoms with E-state index in [1.165, 1.54) is 50.6 Å². The maximum absolute atomic E-state index is 12.2. The lowest BCUT2D eigenvalue weighted by Gasteiger charge is -2.09. The van der Waals surface area contributed by atoms with Crippen molar-refractivity contribution in [3.8, 4) is 80.1 Å². The van der Waals surface area contributed by atoms with Crippen LogP contribution >= 0.6 is 0 Å². The predicted octanol–water partition coefficient (Wildman–Crippen LogP) is 2.93. The second-order valence-electron chi connectivity index (χ2n) is 9.67. The number of fused-ring (bicyclic) bond motifs is 2. The van der Waals surface area contributed by atoms with Crippen LogP contribution < -0.4 is 20.3 Å². The fraction of sp³-hybridized carbons (Fsp3) is 0.0625. The zero-order valence-electron chi connectivity index (χ0n) is 24.8. The topological polar surface area (TPSA) is 304 Å². The van der Waals surface area contributed by atoms with E-state index in [0.29, 0.717) is 0 Å². The van der Waals surface area contributed by atoms with Gasteiger partial charge >= 0.3 is 0 Å². The SMILES string of the molecule is COc1ccc(-c2oc3cc(O)cc(O)c3c(=O)c2O)cc1O.COc1ccc(-c2oc3cc(O)cc(O)c3c(=O)c2O)cc1O.O.O. The van der Waals surface area contributed by atoms with Gasteiger partial charge < -0.3 is 70.1 Å². The normalized spacial score (nSPS) is 10.4. The van der Waals surface area contributed by atoms with Gasteiger partial charge in [0.1, 0.15) is 44.9 Å². The number of hydrogen-bond donors (Lipinski definition) is 8. The summed E-state index contributed by atoms with van der Waals surface area (Å²) in [5.41, 5.74) is -1.46. The van der Waals surface area contributed by atoms with Crippen molar-refractivity contribution in [3.63, 3.8) is 0 Å². The molecule has 0 aliphatic heterocycles. The Bertz CT molecular complexity index is 2110. The molecule has 0 atom stereocenters. The average Bonchev–Trinajstić information content (AvgIpc) is 3.00. The van der Waals surface area contributed by atoms with Crippen LogP contribution in [0.5, 0.6) is 57.5 Å². The Labute approximate surface area is 267 Å². The molecule has 0 amide bonds. The molecule has 2 heterocycles. The minimum atomic E-state index is -0.853. The Morgan fingerprint density at radius 1 is 0.500 bits per heavy atom. The van der Waals surface area contributed by atoms with E-state index in [1.807, 2.05) is 0 Å². The van der Waals surface area contributed by atoms with E-state index in [-0.39, 0.29) is 90.0 Å². The standard InChI is InChI=1S/2C16H12O7.2H2O/c2*1-22-11-3-2-7(4-9(11)18)16-15(21)14(20)13-10(19)5-8(17)6-12(13)23-16;;/h2*2-6,17-19,21H,1H3;2*1H2. The van der Waals surface area contributed by atoms with Gasteiger partial charge in [-0.15, -0.1) is 0 Å². The van der Waals surface area contributed by atoms with E-state index in [0.717, 1.165) is 24.3 Å². The van der Waals surface area contributed by atoms with Crippen molar-refractivity contribution >= 4 is 21.9 Å². The summed E-state index contributed by atoms with van der Waals surface area (Å²) in [5, 5.41) is 77.7. The highest BCUT2D eigenvalue weighted by atomic mass is 16.5. The first-order valence-corrected chi connectivity index (χ1v) is 13.0. The molecule has 0 saturated carbocycles. The van der Waals surface area contributed by atoms with Gasteiger partial charge in [0.2, 0.25) is 22.4 Å². The molecule has 0 bridgehead atoms. The highest BCUT2D eigenvalue weighted by molar-refractivity contribution is 5.89. The Morgan fingerprint density at radius 2 is 0.854 bits per heavy atom. The average molecular weight is 669 g/mol. The fourth-order valence-electron chi connectivity index (χ4n) is 4.60. The smallest absolute Gasteiger partial charge is 0.238 e. The van der Waals surface area contributed by atoms with Crippen LogP contribution in [-0.4, -0.2) is 66.0 Å². The lowest BCUT2D eigenvalue weighted by atomic mass is 10.1. The summed E-state index contributed by atoms with van der Waals surface area (Å²) < 4.78 is 20.7. The second kappa shape index (κ2) is 13.7. The predicted molar refractivity (Wildman–Crippen MR) is 169 cm³/mol. The molecular weight excluding hydrogens is 640 g/mol. The van der Waals surface area contributed by atoms with Gasteiger partial charge in [0.05, 0.1) is 14.2 Å². The number of aromatic hydroxyl groups is 8. The molecule has 0 aliphatic rings. The molecule has 6 aromatic rings. The first-order valence-electron chi connectivity index (χ1n) is 13.0. The minimum absolute atomic E-state index is 0. The summed E-state index contributed by atoms with van der Waals surface area (Å²) in [6.45, 7) is 0. The van der Waals surface area contributed by atoms with E-state index < -0.39 is 33.9 Å². The molecular formula is C32H28O16. The molecule has 16 nitrogen and oxygen atoms in total. The highest BCUT2D eigenvalue weighted by Crippen LogP contribution is 2.39. The quantitative estimate of drug-likeness (QED) is 0.134. The van der Waals surface area contributed by atoms with Gasteiger partial charge in [0, 0.05) is 35.4 Å². The van der Waals surface area contributed by atoms with Crippen molar-refractivity contribution in [2.45, 2.75) is 0 Å². The van der Waals surface area contributed by atoms with Gasteiger partial charge in [-0.1, -0.05) is 0 Å². The zero-order chi connectivity index (χ0) is 33.4. The fourth-order valence-corrected chi connectivity index (χ4v) is 4.60. The first-order chi connectivity index (χ1) is 21.8. The number of phenols is 6. The van der Waals surface area contributed by atoms with Gasteiger partial charge in [0.15, 0.2) is 34.5 Å². The van der Waals surface area contributed by atoms with E-state index in [2.05, 4.69) is 0 Å². The third-order valence-electron chi connectivity index (χ3n) is 6.75. The van der Waals surface area contributed by atoms with Crippen molar-refractivity contribution in [1.82, 2.24) is 0 Å². The van der Waals surface area contributed by atoms with Gasteiger partial charge in [-0.25, -0.2) is 0 Å². The zero-order valence-corrected chi connectivity index (χ0v) is 24.8. The number of benzene rings is 4. The molecule has 0 fully saturated rings. The number of phenolic OH excluding ortho intramolecular Hbond substituents is 6. The van der Waals surface area contributed by atoms with Crippen LogP contribution in [-0.2, 0) is 0 Å². The molecule has 0 saturated heterocycles. The van der Waals surface area contributed by atoms with Gasteiger partial charge in [-0.3, -0.25) is 9.59 Å². The van der Waals surface area contributed by atoms with E-state index in [4.69, 9.17) is 18.3 Å². The summed E-state index contributed by atoms with van der Waals surface area (Å²) in [7, 11) is 2.77. The summed E-state index contributed by atoms with van der Waals surface area (Å²) in [5.74, 6) is -3.43. The molecule has 48 heavy (non-hydrogen) atoms. The van der Waals surface area contributed by atoms with E-state index >= 15 is 0 Å². The largest absolute Gasteiger partial charge is 0.508 e. The Kier molecular flexibility index (Phi) is 10.2. The Balaban J connectivity index is 0.000000250. The van der Waals surface area contributed by atoms with Gasteiger partial charge in [-0.05, 0) is 36.4 Å². The lowest BCUT2D eigenvalue weighted by molar-refractivity contribution is 0.373. The molecule has 0 spiro atoms. The molecule has 6 rings (SSSR count). The van der Waals surface area contributed by atoms with E-state index in [1.54, 1.807) is 0 Å². The van der Waals surface area contributed by atoms with Crippen LogP contribution in [0.4, 0.5) is 0 Å². The molecule has 252 valence electrons. The van der Waals surface area contributed by atoms with E-state index in [9.17, 15) is 50.4 Å². The Hall–Kier alpha value is -6.78. The van der Waals surface area contributed by atoms with Gasteiger partial charge in [0.25, 0.3) is 0 Å². The van der Waals surface area contributed by atoms with Crippen molar-refractivity contribution in [1.29, 1.82) is 0 Å². The first kappa shape index (κ1) is 35.7. The summed E-state index contributed by atoms with van der Waals surface area (Å²) in [6.07, 6.45) is 0. The molecule has 16 heteroatoms. The minimum Gasteiger partial charge on any atom is -0.508 e. The third kappa shape index (κ3) is 6.32. The Morgan fingerprint density at radius 3 is 1.17 bits per heavy atom.